The summed E-state index contributed by atoms with van der Waals surface area (Å²) in [7, 11) is 1.73. The maximum atomic E-state index is 11.7. The molecule has 0 saturated heterocycles. The lowest BCUT2D eigenvalue weighted by Gasteiger charge is -2.17. The average Bonchev–Trinajstić information content (AvgIpc) is 2.44. The molecule has 16 heavy (non-hydrogen) atoms. The van der Waals surface area contributed by atoms with Crippen molar-refractivity contribution in [1.82, 2.24) is 9.78 Å². The Morgan fingerprint density at radius 2 is 2.06 bits per heavy atom. The molecule has 0 aliphatic heterocycles. The number of amides is 1. The van der Waals surface area contributed by atoms with Crippen LogP contribution < -0.4 is 5.32 Å². The fourth-order valence-electron chi connectivity index (χ4n) is 1.10. The molecule has 0 atom stereocenters. The van der Waals surface area contributed by atoms with Crippen LogP contribution in [0, 0.1) is 12.3 Å². The zero-order valence-electron chi connectivity index (χ0n) is 9.74. The molecule has 0 spiro atoms. The zero-order chi connectivity index (χ0) is 12.5. The van der Waals surface area contributed by atoms with Gasteiger partial charge < -0.3 is 10.4 Å². The van der Waals surface area contributed by atoms with Gasteiger partial charge in [-0.2, -0.15) is 5.10 Å². The number of aliphatic carboxylic acids is 1. The van der Waals surface area contributed by atoms with Crippen molar-refractivity contribution in [2.45, 2.75) is 20.8 Å². The number of hydrogen-bond acceptors (Lipinski definition) is 3. The molecule has 1 aromatic rings. The number of carboxylic acids is 1. The summed E-state index contributed by atoms with van der Waals surface area (Å²) < 4.78 is 1.55. The second-order valence-electron chi connectivity index (χ2n) is 4.19. The number of carbonyl (C=O) groups is 2. The minimum atomic E-state index is -1.46. The number of nitrogens with zero attached hydrogens (tertiary/aromatic N) is 2. The minimum absolute atomic E-state index is 0.529. The van der Waals surface area contributed by atoms with Crippen molar-refractivity contribution in [3.05, 3.63) is 11.9 Å². The average molecular weight is 225 g/mol. The Bertz CT molecular complexity index is 435. The molecule has 0 fully saturated rings. The maximum absolute atomic E-state index is 11.7. The van der Waals surface area contributed by atoms with Gasteiger partial charge in [0.25, 0.3) is 0 Å². The summed E-state index contributed by atoms with van der Waals surface area (Å²) in [5.41, 5.74) is -0.277. The first-order valence-electron chi connectivity index (χ1n) is 4.80. The Kier molecular flexibility index (Phi) is 3.02. The summed E-state index contributed by atoms with van der Waals surface area (Å²) in [6.07, 6.45) is 1.63. The Labute approximate surface area is 93.3 Å². The fourth-order valence-corrected chi connectivity index (χ4v) is 1.10. The lowest BCUT2D eigenvalue weighted by molar-refractivity contribution is -0.151. The van der Waals surface area contributed by atoms with Crippen molar-refractivity contribution >= 4 is 17.6 Å². The van der Waals surface area contributed by atoms with Gasteiger partial charge in [0.1, 0.15) is 5.41 Å². The molecule has 0 radical (unpaired) electrons. The predicted octanol–water partition coefficient (Wildman–Crippen LogP) is 0.778. The summed E-state index contributed by atoms with van der Waals surface area (Å²) in [4.78, 5) is 22.6. The molecule has 6 heteroatoms. The van der Waals surface area contributed by atoms with Crippen LogP contribution in [0.1, 0.15) is 19.5 Å². The molecular formula is C10H15N3O3. The van der Waals surface area contributed by atoms with Crippen molar-refractivity contribution < 1.29 is 14.7 Å². The zero-order valence-corrected chi connectivity index (χ0v) is 9.74. The Morgan fingerprint density at radius 3 is 2.44 bits per heavy atom. The number of aryl methyl sites for hydroxylation is 2. The van der Waals surface area contributed by atoms with Crippen molar-refractivity contribution in [2.24, 2.45) is 12.5 Å². The van der Waals surface area contributed by atoms with Crippen molar-refractivity contribution in [1.29, 1.82) is 0 Å². The number of rotatable bonds is 3. The van der Waals surface area contributed by atoms with E-state index < -0.39 is 17.3 Å². The van der Waals surface area contributed by atoms with Gasteiger partial charge in [-0.05, 0) is 20.8 Å². The molecule has 6 nitrogen and oxygen atoms in total. The quantitative estimate of drug-likeness (QED) is 0.744. The molecule has 0 aromatic carbocycles. The summed E-state index contributed by atoms with van der Waals surface area (Å²) in [6.45, 7) is 4.45. The van der Waals surface area contributed by atoms with Gasteiger partial charge in [-0.1, -0.05) is 0 Å². The SMILES string of the molecule is Cc1nn(C)cc1NC(=O)C(C)(C)C(=O)O. The lowest BCUT2D eigenvalue weighted by Crippen LogP contribution is -2.37. The minimum Gasteiger partial charge on any atom is -0.480 e. The molecular weight excluding hydrogens is 210 g/mol. The Hall–Kier alpha value is -1.85. The third-order valence-electron chi connectivity index (χ3n) is 2.36. The van der Waals surface area contributed by atoms with E-state index in [4.69, 9.17) is 5.11 Å². The number of carboxylic acid groups (broad SMARTS) is 1. The summed E-state index contributed by atoms with van der Waals surface area (Å²) in [5.74, 6) is -1.72. The van der Waals surface area contributed by atoms with Crippen LogP contribution in [0.4, 0.5) is 5.69 Å². The molecule has 1 heterocycles. The van der Waals surface area contributed by atoms with E-state index in [1.54, 1.807) is 24.9 Å². The number of hydrogen-bond donors (Lipinski definition) is 2. The number of anilines is 1. The number of aromatic nitrogens is 2. The Balaban J connectivity index is 2.87. The predicted molar refractivity (Wildman–Crippen MR) is 58.0 cm³/mol. The van der Waals surface area contributed by atoms with E-state index in [9.17, 15) is 9.59 Å². The van der Waals surface area contributed by atoms with E-state index in [2.05, 4.69) is 10.4 Å². The smallest absolute Gasteiger partial charge is 0.318 e. The molecule has 0 aliphatic rings. The first-order valence-corrected chi connectivity index (χ1v) is 4.80. The second kappa shape index (κ2) is 3.96. The largest absolute Gasteiger partial charge is 0.480 e. The third kappa shape index (κ3) is 2.21. The fraction of sp³-hybridized carbons (Fsp3) is 0.500. The number of carbonyl (C=O) groups excluding carboxylic acids is 1. The highest BCUT2D eigenvalue weighted by Gasteiger charge is 2.36. The van der Waals surface area contributed by atoms with Crippen molar-refractivity contribution in [3.63, 3.8) is 0 Å². The van der Waals surface area contributed by atoms with Gasteiger partial charge in [0, 0.05) is 13.2 Å². The molecule has 88 valence electrons. The van der Waals surface area contributed by atoms with E-state index in [1.807, 2.05) is 0 Å². The van der Waals surface area contributed by atoms with Gasteiger partial charge in [0.05, 0.1) is 11.4 Å². The van der Waals surface area contributed by atoms with E-state index in [0.29, 0.717) is 11.4 Å². The van der Waals surface area contributed by atoms with Crippen LogP contribution in [0.5, 0.6) is 0 Å². The van der Waals surface area contributed by atoms with Gasteiger partial charge in [0.2, 0.25) is 5.91 Å². The number of nitrogens with one attached hydrogen (secondary N) is 1. The van der Waals surface area contributed by atoms with Crippen LogP contribution in [-0.2, 0) is 16.6 Å². The summed E-state index contributed by atoms with van der Waals surface area (Å²) in [5, 5.41) is 15.5. The molecule has 1 aromatic heterocycles. The summed E-state index contributed by atoms with van der Waals surface area (Å²) in [6, 6.07) is 0. The van der Waals surface area contributed by atoms with Crippen LogP contribution in [0.3, 0.4) is 0 Å². The highest BCUT2D eigenvalue weighted by molar-refractivity contribution is 6.07. The highest BCUT2D eigenvalue weighted by atomic mass is 16.4. The Morgan fingerprint density at radius 1 is 1.50 bits per heavy atom. The molecule has 0 bridgehead atoms. The van der Waals surface area contributed by atoms with Crippen LogP contribution >= 0.6 is 0 Å². The van der Waals surface area contributed by atoms with Crippen LogP contribution in [-0.4, -0.2) is 26.8 Å². The standard InChI is InChI=1S/C10H15N3O3/c1-6-7(5-13(4)12-6)11-8(14)10(2,3)9(15)16/h5H,1-4H3,(H,11,14)(H,15,16). The summed E-state index contributed by atoms with van der Waals surface area (Å²) >= 11 is 0. The molecule has 1 rings (SSSR count). The van der Waals surface area contributed by atoms with E-state index in [-0.39, 0.29) is 0 Å². The van der Waals surface area contributed by atoms with E-state index in [0.717, 1.165) is 0 Å². The van der Waals surface area contributed by atoms with Crippen LogP contribution in [0.25, 0.3) is 0 Å². The third-order valence-corrected chi connectivity index (χ3v) is 2.36. The van der Waals surface area contributed by atoms with Gasteiger partial charge in [-0.25, -0.2) is 0 Å². The lowest BCUT2D eigenvalue weighted by atomic mass is 9.92. The molecule has 0 aliphatic carbocycles. The van der Waals surface area contributed by atoms with Gasteiger partial charge in [-0.3, -0.25) is 14.3 Å². The van der Waals surface area contributed by atoms with E-state index >= 15 is 0 Å². The first kappa shape index (κ1) is 12.2. The van der Waals surface area contributed by atoms with E-state index in [1.165, 1.54) is 13.8 Å². The van der Waals surface area contributed by atoms with Gasteiger partial charge >= 0.3 is 5.97 Å². The molecule has 0 saturated carbocycles. The van der Waals surface area contributed by atoms with Crippen molar-refractivity contribution in [3.8, 4) is 0 Å². The topological polar surface area (TPSA) is 84.2 Å². The van der Waals surface area contributed by atoms with Crippen molar-refractivity contribution in [2.75, 3.05) is 5.32 Å². The second-order valence-corrected chi connectivity index (χ2v) is 4.19. The molecule has 0 unspecified atom stereocenters. The molecule has 1 amide bonds. The normalized spacial score (nSPS) is 11.2. The maximum Gasteiger partial charge on any atom is 0.318 e. The molecule has 2 N–H and O–H groups in total. The highest BCUT2D eigenvalue weighted by Crippen LogP contribution is 2.20. The van der Waals surface area contributed by atoms with Gasteiger partial charge in [-0.15, -0.1) is 0 Å². The monoisotopic (exact) mass is 225 g/mol. The van der Waals surface area contributed by atoms with Crippen LogP contribution in [0.15, 0.2) is 6.20 Å². The van der Waals surface area contributed by atoms with Crippen LogP contribution in [0.2, 0.25) is 0 Å². The van der Waals surface area contributed by atoms with Gasteiger partial charge in [0.15, 0.2) is 0 Å². The first-order chi connectivity index (χ1) is 7.25.